The van der Waals surface area contributed by atoms with Crippen molar-refractivity contribution in [2.45, 2.75) is 13.8 Å². The Morgan fingerprint density at radius 2 is 2.10 bits per heavy atom. The molecule has 0 fully saturated rings. The lowest BCUT2D eigenvalue weighted by Crippen LogP contribution is -2.10. The molecule has 9 heteroatoms. The Morgan fingerprint density at radius 1 is 1.38 bits per heavy atom. The lowest BCUT2D eigenvalue weighted by molar-refractivity contribution is -0.385. The summed E-state index contributed by atoms with van der Waals surface area (Å²) in [7, 11) is 0. The van der Waals surface area contributed by atoms with E-state index >= 15 is 0 Å². The molecule has 0 spiro atoms. The zero-order valence-electron chi connectivity index (χ0n) is 11.3. The number of ether oxygens (including phenoxy) is 1. The smallest absolute Gasteiger partial charge is 0.276 e. The molecule has 0 aliphatic rings. The van der Waals surface area contributed by atoms with Gasteiger partial charge in [0.2, 0.25) is 11.8 Å². The highest BCUT2D eigenvalue weighted by Gasteiger charge is 2.16. The third kappa shape index (κ3) is 3.18. The number of halogens is 1. The number of nitrogens with one attached hydrogen (secondary N) is 1. The summed E-state index contributed by atoms with van der Waals surface area (Å²) in [6, 6.07) is 2.99. The van der Waals surface area contributed by atoms with Gasteiger partial charge in [-0.05, 0) is 25.5 Å². The predicted molar refractivity (Wildman–Crippen MR) is 77.5 cm³/mol. The number of rotatable bonds is 4. The maximum Gasteiger partial charge on any atom is 0.276 e. The highest BCUT2D eigenvalue weighted by Crippen LogP contribution is 2.33. The summed E-state index contributed by atoms with van der Waals surface area (Å²) in [5.41, 5.74) is 3.48. The van der Waals surface area contributed by atoms with Gasteiger partial charge in [-0.15, -0.1) is 0 Å². The summed E-state index contributed by atoms with van der Waals surface area (Å²) in [4.78, 5) is 18.3. The van der Waals surface area contributed by atoms with Crippen molar-refractivity contribution in [2.24, 2.45) is 5.84 Å². The first kappa shape index (κ1) is 14.9. The summed E-state index contributed by atoms with van der Waals surface area (Å²) >= 11 is 5.94. The van der Waals surface area contributed by atoms with Crippen LogP contribution in [0.3, 0.4) is 0 Å². The van der Waals surface area contributed by atoms with Gasteiger partial charge in [-0.25, -0.2) is 10.8 Å². The van der Waals surface area contributed by atoms with Crippen LogP contribution in [0.5, 0.6) is 11.6 Å². The molecule has 21 heavy (non-hydrogen) atoms. The highest BCUT2D eigenvalue weighted by molar-refractivity contribution is 6.31. The van der Waals surface area contributed by atoms with Crippen LogP contribution in [0, 0.1) is 24.0 Å². The van der Waals surface area contributed by atoms with Crippen LogP contribution in [0.15, 0.2) is 18.3 Å². The lowest BCUT2D eigenvalue weighted by Gasteiger charge is -2.10. The number of nitrogen functional groups attached to an aromatic ring is 1. The second kappa shape index (κ2) is 5.90. The molecule has 3 N–H and O–H groups in total. The molecule has 0 saturated heterocycles. The Kier molecular flexibility index (Phi) is 4.20. The van der Waals surface area contributed by atoms with Gasteiger partial charge in [-0.1, -0.05) is 11.6 Å². The minimum absolute atomic E-state index is 0.0436. The van der Waals surface area contributed by atoms with Crippen molar-refractivity contribution in [1.82, 2.24) is 9.97 Å². The molecule has 2 aromatic rings. The summed E-state index contributed by atoms with van der Waals surface area (Å²) in [6.45, 7) is 3.42. The van der Waals surface area contributed by atoms with E-state index in [2.05, 4.69) is 15.4 Å². The van der Waals surface area contributed by atoms with Crippen LogP contribution >= 0.6 is 11.6 Å². The summed E-state index contributed by atoms with van der Waals surface area (Å²) in [5, 5.41) is 11.1. The van der Waals surface area contributed by atoms with E-state index in [9.17, 15) is 10.1 Å². The molecule has 0 saturated carbocycles. The highest BCUT2D eigenvalue weighted by atomic mass is 35.5. The van der Waals surface area contributed by atoms with E-state index in [0.717, 1.165) is 5.56 Å². The van der Waals surface area contributed by atoms with Crippen LogP contribution < -0.4 is 16.0 Å². The Hall–Kier alpha value is -2.45. The molecule has 2 rings (SSSR count). The molecule has 0 amide bonds. The van der Waals surface area contributed by atoms with Crippen LogP contribution in [0.25, 0.3) is 0 Å². The van der Waals surface area contributed by atoms with Gasteiger partial charge < -0.3 is 4.74 Å². The second-order valence-corrected chi connectivity index (χ2v) is 4.66. The number of hydrogen-bond donors (Lipinski definition) is 2. The van der Waals surface area contributed by atoms with Crippen molar-refractivity contribution < 1.29 is 9.66 Å². The number of benzene rings is 1. The van der Waals surface area contributed by atoms with Crippen molar-refractivity contribution in [2.75, 3.05) is 5.43 Å². The number of aryl methyl sites for hydroxylation is 2. The molecule has 0 aliphatic carbocycles. The number of hydrazine groups is 1. The molecule has 8 nitrogen and oxygen atoms in total. The van der Waals surface area contributed by atoms with Gasteiger partial charge in [0.1, 0.15) is 10.8 Å². The van der Waals surface area contributed by atoms with Gasteiger partial charge in [0.25, 0.3) is 5.69 Å². The number of anilines is 1. The molecule has 0 aliphatic heterocycles. The average molecular weight is 310 g/mol. The SMILES string of the molecule is Cc1cc(C)c([N+](=O)[O-])cc1Oc1nc(NN)ncc1Cl. The van der Waals surface area contributed by atoms with E-state index in [4.69, 9.17) is 22.2 Å². The van der Waals surface area contributed by atoms with Crippen molar-refractivity contribution in [1.29, 1.82) is 0 Å². The Bertz CT molecular complexity index is 708. The maximum absolute atomic E-state index is 11.0. The van der Waals surface area contributed by atoms with Gasteiger partial charge in [-0.2, -0.15) is 4.98 Å². The van der Waals surface area contributed by atoms with Gasteiger partial charge in [-0.3, -0.25) is 15.5 Å². The van der Waals surface area contributed by atoms with Gasteiger partial charge in [0, 0.05) is 5.56 Å². The first-order valence-electron chi connectivity index (χ1n) is 5.85. The zero-order chi connectivity index (χ0) is 15.6. The molecule has 1 aromatic carbocycles. The molecule has 110 valence electrons. The molecule has 0 radical (unpaired) electrons. The van der Waals surface area contributed by atoms with Crippen LogP contribution in [-0.2, 0) is 0 Å². The number of aromatic nitrogens is 2. The minimum atomic E-state index is -0.476. The fourth-order valence-electron chi connectivity index (χ4n) is 1.73. The van der Waals surface area contributed by atoms with Crippen LogP contribution in [0.2, 0.25) is 5.02 Å². The number of hydrogen-bond acceptors (Lipinski definition) is 7. The number of nitro groups is 1. The molecular weight excluding hydrogens is 298 g/mol. The van der Waals surface area contributed by atoms with Gasteiger partial charge in [0.05, 0.1) is 17.2 Å². The monoisotopic (exact) mass is 309 g/mol. The molecule has 1 heterocycles. The maximum atomic E-state index is 11.0. The second-order valence-electron chi connectivity index (χ2n) is 4.25. The van der Waals surface area contributed by atoms with Gasteiger partial charge in [0.15, 0.2) is 0 Å². The van der Waals surface area contributed by atoms with E-state index in [1.807, 2.05) is 0 Å². The molecule has 0 bridgehead atoms. The van der Waals surface area contributed by atoms with E-state index in [0.29, 0.717) is 5.56 Å². The van der Waals surface area contributed by atoms with Crippen molar-refractivity contribution in [3.8, 4) is 11.6 Å². The Morgan fingerprint density at radius 3 is 2.71 bits per heavy atom. The average Bonchev–Trinajstić information content (AvgIpc) is 2.43. The third-order valence-corrected chi connectivity index (χ3v) is 3.00. The van der Waals surface area contributed by atoms with Crippen molar-refractivity contribution >= 4 is 23.2 Å². The third-order valence-electron chi connectivity index (χ3n) is 2.74. The van der Waals surface area contributed by atoms with E-state index in [1.54, 1.807) is 19.9 Å². The largest absolute Gasteiger partial charge is 0.437 e. The van der Waals surface area contributed by atoms with Crippen LogP contribution in [0.1, 0.15) is 11.1 Å². The Labute approximate surface area is 125 Å². The quantitative estimate of drug-likeness (QED) is 0.506. The fraction of sp³-hybridized carbons (Fsp3) is 0.167. The number of nitrogens with zero attached hydrogens (tertiary/aromatic N) is 3. The summed E-state index contributed by atoms with van der Waals surface area (Å²) in [5.74, 6) is 5.68. The van der Waals surface area contributed by atoms with Crippen LogP contribution in [0.4, 0.5) is 11.6 Å². The lowest BCUT2D eigenvalue weighted by atomic mass is 10.1. The normalized spacial score (nSPS) is 10.3. The van der Waals surface area contributed by atoms with E-state index < -0.39 is 4.92 Å². The molecule has 0 unspecified atom stereocenters. The van der Waals surface area contributed by atoms with Crippen molar-refractivity contribution in [3.05, 3.63) is 44.6 Å². The first-order valence-corrected chi connectivity index (χ1v) is 6.23. The number of nitrogens with two attached hydrogens (primary N) is 1. The Balaban J connectivity index is 2.44. The van der Waals surface area contributed by atoms with E-state index in [1.165, 1.54) is 12.3 Å². The zero-order valence-corrected chi connectivity index (χ0v) is 12.0. The standard InChI is InChI=1S/C12H12ClN5O3/c1-6-3-7(2)10(4-9(6)18(19)20)21-11-8(13)5-15-12(16-11)17-14/h3-5H,14H2,1-2H3,(H,15,16,17). The summed E-state index contributed by atoms with van der Waals surface area (Å²) in [6.07, 6.45) is 1.32. The topological polar surface area (TPSA) is 116 Å². The number of nitro benzene ring substituents is 1. The molecule has 0 atom stereocenters. The fourth-order valence-corrected chi connectivity index (χ4v) is 1.85. The predicted octanol–water partition coefficient (Wildman–Crippen LogP) is 2.73. The van der Waals surface area contributed by atoms with E-state index in [-0.39, 0.29) is 28.3 Å². The molecular formula is C12H12ClN5O3. The van der Waals surface area contributed by atoms with Gasteiger partial charge >= 0.3 is 0 Å². The van der Waals surface area contributed by atoms with Crippen LogP contribution in [-0.4, -0.2) is 14.9 Å². The minimum Gasteiger partial charge on any atom is -0.437 e. The summed E-state index contributed by atoms with van der Waals surface area (Å²) < 4.78 is 5.55. The molecule has 1 aromatic heterocycles. The first-order chi connectivity index (χ1) is 9.92. The van der Waals surface area contributed by atoms with Crippen molar-refractivity contribution in [3.63, 3.8) is 0 Å².